The van der Waals surface area contributed by atoms with E-state index in [0.717, 1.165) is 69.6 Å². The monoisotopic (exact) mass is 723 g/mol. The molecule has 0 aliphatic rings. The van der Waals surface area contributed by atoms with Crippen LogP contribution in [0.15, 0.2) is 0 Å². The van der Waals surface area contributed by atoms with Crippen LogP contribution in [0.4, 0.5) is 0 Å². The van der Waals surface area contributed by atoms with E-state index >= 15 is 0 Å². The highest BCUT2D eigenvalue weighted by molar-refractivity contribution is 5.71. The summed E-state index contributed by atoms with van der Waals surface area (Å²) in [6, 6.07) is 0. The van der Waals surface area contributed by atoms with Crippen molar-refractivity contribution in [2.24, 2.45) is 11.8 Å². The molecule has 1 atom stereocenters. The lowest BCUT2D eigenvalue weighted by Crippen LogP contribution is -2.30. The highest BCUT2D eigenvalue weighted by Gasteiger charge is 2.19. The molecule has 0 unspecified atom stereocenters. The minimum atomic E-state index is -0.759. The largest absolute Gasteiger partial charge is 0.462 e. The lowest BCUT2D eigenvalue weighted by molar-refractivity contribution is -0.167. The summed E-state index contributed by atoms with van der Waals surface area (Å²) in [5, 5.41) is 0. The summed E-state index contributed by atoms with van der Waals surface area (Å²) in [5.74, 6) is 0.752. The second kappa shape index (κ2) is 38.1. The topological polar surface area (TPSA) is 78.9 Å². The van der Waals surface area contributed by atoms with Crippen LogP contribution in [0.2, 0.25) is 0 Å². The van der Waals surface area contributed by atoms with Crippen LogP contribution in [0.3, 0.4) is 0 Å². The van der Waals surface area contributed by atoms with Gasteiger partial charge in [0.1, 0.15) is 13.2 Å². The van der Waals surface area contributed by atoms with E-state index in [-0.39, 0.29) is 31.1 Å². The molecule has 0 heterocycles. The molecule has 51 heavy (non-hydrogen) atoms. The normalized spacial score (nSPS) is 12.1. The number of rotatable bonds is 39. The van der Waals surface area contributed by atoms with Crippen molar-refractivity contribution in [3.05, 3.63) is 0 Å². The van der Waals surface area contributed by atoms with Crippen LogP contribution in [0, 0.1) is 11.8 Å². The number of esters is 3. The fraction of sp³-hybridized carbons (Fsp3) is 0.933. The number of hydrogen-bond donors (Lipinski definition) is 0. The molecule has 0 bridgehead atoms. The molecule has 0 aromatic heterocycles. The Balaban J connectivity index is 4.33. The molecule has 0 saturated heterocycles. The van der Waals surface area contributed by atoms with Gasteiger partial charge in [0, 0.05) is 19.3 Å². The molecule has 0 N–H and O–H groups in total. The van der Waals surface area contributed by atoms with Crippen LogP contribution in [0.5, 0.6) is 0 Å². The third kappa shape index (κ3) is 39.5. The second-order valence-electron chi connectivity index (χ2n) is 16.3. The Labute approximate surface area is 317 Å². The summed E-state index contributed by atoms with van der Waals surface area (Å²) in [4.78, 5) is 37.6. The molecule has 0 fully saturated rings. The zero-order valence-electron chi connectivity index (χ0n) is 34.7. The fourth-order valence-corrected chi connectivity index (χ4v) is 6.58. The van der Waals surface area contributed by atoms with Gasteiger partial charge in [-0.2, -0.15) is 0 Å². The first-order chi connectivity index (χ1) is 24.7. The molecule has 302 valence electrons. The Morgan fingerprint density at radius 2 is 0.647 bits per heavy atom. The predicted molar refractivity (Wildman–Crippen MR) is 215 cm³/mol. The highest BCUT2D eigenvalue weighted by atomic mass is 16.6. The summed E-state index contributed by atoms with van der Waals surface area (Å²) in [6.07, 6.45) is 35.2. The summed E-state index contributed by atoms with van der Waals surface area (Å²) in [7, 11) is 0. The Hall–Kier alpha value is -1.59. The van der Waals surface area contributed by atoms with Crippen molar-refractivity contribution >= 4 is 17.9 Å². The second-order valence-corrected chi connectivity index (χ2v) is 16.3. The van der Waals surface area contributed by atoms with Gasteiger partial charge in [0.15, 0.2) is 6.10 Å². The number of carbonyl (C=O) groups is 3. The Bertz CT molecular complexity index is 779. The van der Waals surface area contributed by atoms with Gasteiger partial charge in [0.2, 0.25) is 0 Å². The first-order valence-corrected chi connectivity index (χ1v) is 22.2. The average Bonchev–Trinajstić information content (AvgIpc) is 3.09. The number of unbranched alkanes of at least 4 members (excludes halogenated alkanes) is 24. The van der Waals surface area contributed by atoms with Gasteiger partial charge in [-0.05, 0) is 31.1 Å². The quantitative estimate of drug-likeness (QED) is 0.0357. The fourth-order valence-electron chi connectivity index (χ4n) is 6.58. The van der Waals surface area contributed by atoms with Crippen molar-refractivity contribution in [2.45, 2.75) is 246 Å². The van der Waals surface area contributed by atoms with Gasteiger partial charge < -0.3 is 14.2 Å². The smallest absolute Gasteiger partial charge is 0.306 e. The van der Waals surface area contributed by atoms with Crippen molar-refractivity contribution in [1.29, 1.82) is 0 Å². The maximum absolute atomic E-state index is 12.7. The zero-order chi connectivity index (χ0) is 37.6. The molecule has 0 rings (SSSR count). The molecular weight excluding hydrogens is 636 g/mol. The summed E-state index contributed by atoms with van der Waals surface area (Å²) in [6.45, 7) is 11.3. The van der Waals surface area contributed by atoms with Crippen molar-refractivity contribution in [3.63, 3.8) is 0 Å². The van der Waals surface area contributed by atoms with Crippen molar-refractivity contribution < 1.29 is 28.6 Å². The summed E-state index contributed by atoms with van der Waals surface area (Å²) < 4.78 is 16.7. The van der Waals surface area contributed by atoms with E-state index in [2.05, 4.69) is 34.6 Å². The Morgan fingerprint density at radius 1 is 0.373 bits per heavy atom. The van der Waals surface area contributed by atoms with E-state index in [0.29, 0.717) is 19.3 Å². The molecule has 0 saturated carbocycles. The molecule has 0 amide bonds. The van der Waals surface area contributed by atoms with Crippen LogP contribution in [-0.4, -0.2) is 37.2 Å². The maximum Gasteiger partial charge on any atom is 0.306 e. The molecule has 0 aliphatic carbocycles. The van der Waals surface area contributed by atoms with Gasteiger partial charge in [0.25, 0.3) is 0 Å². The van der Waals surface area contributed by atoms with E-state index in [1.165, 1.54) is 128 Å². The van der Waals surface area contributed by atoms with E-state index in [1.807, 2.05) is 0 Å². The summed E-state index contributed by atoms with van der Waals surface area (Å²) >= 11 is 0. The van der Waals surface area contributed by atoms with Crippen LogP contribution in [-0.2, 0) is 28.6 Å². The van der Waals surface area contributed by atoms with E-state index in [1.54, 1.807) is 0 Å². The van der Waals surface area contributed by atoms with Gasteiger partial charge in [-0.1, -0.05) is 202 Å². The van der Waals surface area contributed by atoms with Crippen molar-refractivity contribution in [2.75, 3.05) is 13.2 Å². The maximum atomic E-state index is 12.7. The van der Waals surface area contributed by atoms with Crippen molar-refractivity contribution in [1.82, 2.24) is 0 Å². The van der Waals surface area contributed by atoms with Crippen LogP contribution in [0.25, 0.3) is 0 Å². The van der Waals surface area contributed by atoms with Crippen LogP contribution in [0.1, 0.15) is 240 Å². The lowest BCUT2D eigenvalue weighted by Gasteiger charge is -2.18. The molecule has 0 aliphatic heterocycles. The molecule has 0 spiro atoms. The third-order valence-corrected chi connectivity index (χ3v) is 9.97. The third-order valence-electron chi connectivity index (χ3n) is 9.97. The average molecular weight is 723 g/mol. The lowest BCUT2D eigenvalue weighted by atomic mass is 10.0. The number of ether oxygens (including phenoxy) is 3. The molecule has 0 aromatic carbocycles. The van der Waals surface area contributed by atoms with E-state index < -0.39 is 6.10 Å². The van der Waals surface area contributed by atoms with Crippen LogP contribution < -0.4 is 0 Å². The molecule has 0 aromatic rings. The predicted octanol–water partition coefficient (Wildman–Crippen LogP) is 13.8. The van der Waals surface area contributed by atoms with Gasteiger partial charge >= 0.3 is 17.9 Å². The minimum absolute atomic E-state index is 0.0656. The van der Waals surface area contributed by atoms with Crippen molar-refractivity contribution in [3.8, 4) is 0 Å². The van der Waals surface area contributed by atoms with Gasteiger partial charge in [-0.25, -0.2) is 0 Å². The first-order valence-electron chi connectivity index (χ1n) is 22.2. The Kier molecular flexibility index (Phi) is 37.0. The number of carbonyl (C=O) groups excluding carboxylic acids is 3. The van der Waals surface area contributed by atoms with E-state index in [9.17, 15) is 14.4 Å². The molecule has 6 nitrogen and oxygen atoms in total. The van der Waals surface area contributed by atoms with Crippen LogP contribution >= 0.6 is 0 Å². The molecular formula is C45H86O6. The summed E-state index contributed by atoms with van der Waals surface area (Å²) in [5.41, 5.74) is 0. The SMILES string of the molecule is CCCCCCCCCCCC(=O)OC[C@H](COC(=O)CCCCCCCCCCCC(C)C)OC(=O)CCCCCCCCCCCC(C)C. The zero-order valence-corrected chi connectivity index (χ0v) is 34.7. The molecule has 0 radical (unpaired) electrons. The highest BCUT2D eigenvalue weighted by Crippen LogP contribution is 2.16. The van der Waals surface area contributed by atoms with Gasteiger partial charge in [-0.15, -0.1) is 0 Å². The standard InChI is InChI=1S/C45H86O6/c1-6-7-8-9-10-13-20-25-30-35-43(46)49-38-42(51-45(48)37-32-27-22-17-12-15-19-24-29-34-41(4)5)39-50-44(47)36-31-26-21-16-11-14-18-23-28-33-40(2)3/h40-42H,6-39H2,1-5H3/t42-/m1/s1. The number of hydrogen-bond acceptors (Lipinski definition) is 6. The molecule has 6 heteroatoms. The first kappa shape index (κ1) is 49.4. The van der Waals surface area contributed by atoms with E-state index in [4.69, 9.17) is 14.2 Å². The minimum Gasteiger partial charge on any atom is -0.462 e. The van der Waals surface area contributed by atoms with Gasteiger partial charge in [0.05, 0.1) is 0 Å². The van der Waals surface area contributed by atoms with Gasteiger partial charge in [-0.3, -0.25) is 14.4 Å². The Morgan fingerprint density at radius 3 is 0.961 bits per heavy atom.